The average Bonchev–Trinajstić information content (AvgIpc) is 3.85. The van der Waals surface area contributed by atoms with E-state index in [1.807, 2.05) is 86.9 Å². The minimum Gasteiger partial charge on any atom is -0.424 e. The van der Waals surface area contributed by atoms with Crippen molar-refractivity contribution in [2.24, 2.45) is 15.9 Å². The van der Waals surface area contributed by atoms with E-state index in [2.05, 4.69) is 86.1 Å². The van der Waals surface area contributed by atoms with Crippen molar-refractivity contribution in [3.8, 4) is 46.4 Å². The van der Waals surface area contributed by atoms with E-state index in [1.165, 1.54) is 11.1 Å². The van der Waals surface area contributed by atoms with E-state index in [0.717, 1.165) is 111 Å². The summed E-state index contributed by atoms with van der Waals surface area (Å²) in [5.41, 5.74) is 9.13. The Bertz CT molecular complexity index is 2760. The Morgan fingerprint density at radius 1 is 0.652 bits per heavy atom. The topological polar surface area (TPSA) is 173 Å². The molecule has 16 heteroatoms. The number of benzene rings is 4. The van der Waals surface area contributed by atoms with Crippen molar-refractivity contribution in [2.45, 2.75) is 33.5 Å². The van der Waals surface area contributed by atoms with Crippen LogP contribution in [0.2, 0.25) is 0 Å². The number of nitrogens with two attached hydrogens (primary N) is 1. The van der Waals surface area contributed by atoms with Gasteiger partial charge in [0.2, 0.25) is 5.82 Å². The largest absolute Gasteiger partial charge is 0.424 e. The predicted molar refractivity (Wildman–Crippen MR) is 254 cm³/mol. The van der Waals surface area contributed by atoms with Crippen molar-refractivity contribution >= 4 is 17.6 Å². The van der Waals surface area contributed by atoms with Crippen LogP contribution in [-0.4, -0.2) is 121 Å². The van der Waals surface area contributed by atoms with Crippen LogP contribution in [0.3, 0.4) is 0 Å². The van der Waals surface area contributed by atoms with Gasteiger partial charge in [0.25, 0.3) is 5.89 Å². The molecule has 0 amide bonds. The lowest BCUT2D eigenvalue weighted by Crippen LogP contribution is -2.45. The summed E-state index contributed by atoms with van der Waals surface area (Å²) in [5.74, 6) is 8.03. The number of likely N-dealkylation sites (N-methyl/N-ethyl adjacent to an activating group) is 1. The van der Waals surface area contributed by atoms with Gasteiger partial charge in [0.1, 0.15) is 17.2 Å². The van der Waals surface area contributed by atoms with Crippen LogP contribution in [0.4, 0.5) is 5.69 Å². The molecule has 0 radical (unpaired) electrons. The van der Waals surface area contributed by atoms with Gasteiger partial charge in [-0.1, -0.05) is 53.7 Å². The lowest BCUT2D eigenvalue weighted by Gasteiger charge is -2.34. The van der Waals surface area contributed by atoms with Gasteiger partial charge < -0.3 is 24.7 Å². The fourth-order valence-electron chi connectivity index (χ4n) is 7.88. The Morgan fingerprint density at radius 3 is 1.97 bits per heavy atom. The molecule has 9 rings (SSSR count). The van der Waals surface area contributed by atoms with Gasteiger partial charge in [-0.3, -0.25) is 19.7 Å². The molecule has 5 heterocycles. The Labute approximate surface area is 384 Å². The highest BCUT2D eigenvalue weighted by Crippen LogP contribution is 2.30. The number of rotatable bonds is 15. The van der Waals surface area contributed by atoms with Crippen LogP contribution in [0.25, 0.3) is 22.8 Å². The van der Waals surface area contributed by atoms with Crippen LogP contribution < -0.4 is 15.3 Å². The van der Waals surface area contributed by atoms with E-state index >= 15 is 0 Å². The second-order valence-electron chi connectivity index (χ2n) is 16.8. The predicted octanol–water partition coefficient (Wildman–Crippen LogP) is 7.32. The molecule has 4 aromatic carbocycles. The number of hydrazone groups is 1. The number of nitrogens with zero attached hydrogens (tertiary/aromatic N) is 12. The van der Waals surface area contributed by atoms with E-state index in [0.29, 0.717) is 28.9 Å². The maximum atomic E-state index is 6.18. The third-order valence-corrected chi connectivity index (χ3v) is 11.8. The summed E-state index contributed by atoms with van der Waals surface area (Å²) in [4.78, 5) is 36.6. The van der Waals surface area contributed by atoms with Crippen molar-refractivity contribution in [2.75, 3.05) is 59.4 Å². The minimum absolute atomic E-state index is 0.271. The molecule has 0 bridgehead atoms. The number of ether oxygens (including phenoxy) is 2. The monoisotopic (exact) mass is 883 g/mol. The third-order valence-electron chi connectivity index (χ3n) is 11.8. The first-order valence-electron chi connectivity index (χ1n) is 22.2. The first-order valence-corrected chi connectivity index (χ1v) is 22.2. The minimum atomic E-state index is 0.271. The summed E-state index contributed by atoms with van der Waals surface area (Å²) in [6, 6.07) is 30.5. The van der Waals surface area contributed by atoms with Gasteiger partial charge in [0.05, 0.1) is 11.9 Å². The second-order valence-corrected chi connectivity index (χ2v) is 16.8. The third kappa shape index (κ3) is 11.3. The molecule has 0 saturated carbocycles. The number of hydrogen-bond acceptors (Lipinski definition) is 16. The molecule has 66 heavy (non-hydrogen) atoms. The highest BCUT2D eigenvalue weighted by molar-refractivity contribution is 6.38. The summed E-state index contributed by atoms with van der Waals surface area (Å²) in [7, 11) is 2.17. The van der Waals surface area contributed by atoms with Crippen LogP contribution in [-0.2, 0) is 19.6 Å². The zero-order valence-electron chi connectivity index (χ0n) is 37.5. The van der Waals surface area contributed by atoms with E-state index in [1.54, 1.807) is 24.7 Å². The maximum Gasteiger partial charge on any atom is 0.321 e. The summed E-state index contributed by atoms with van der Waals surface area (Å²) in [6.45, 7) is 14.5. The second kappa shape index (κ2) is 20.7. The van der Waals surface area contributed by atoms with Crippen molar-refractivity contribution in [1.29, 1.82) is 0 Å². The molecule has 2 aliphatic heterocycles. The van der Waals surface area contributed by atoms with Gasteiger partial charge >= 0.3 is 12.0 Å². The normalized spacial score (nSPS) is 15.7. The Morgan fingerprint density at radius 2 is 1.27 bits per heavy atom. The molecule has 0 unspecified atom stereocenters. The summed E-state index contributed by atoms with van der Waals surface area (Å²) >= 11 is 0. The summed E-state index contributed by atoms with van der Waals surface area (Å²) < 4.78 is 17.8. The first-order chi connectivity index (χ1) is 32.3. The first kappa shape index (κ1) is 44.0. The fraction of sp³-hybridized carbons (Fsp3) is 0.280. The van der Waals surface area contributed by atoms with Gasteiger partial charge in [0, 0.05) is 119 Å². The highest BCUT2D eigenvalue weighted by atomic mass is 16.5. The van der Waals surface area contributed by atoms with Crippen molar-refractivity contribution in [1.82, 2.24) is 49.7 Å². The maximum absolute atomic E-state index is 6.18. The molecular weight excluding hydrogens is 831 g/mol. The molecule has 336 valence electrons. The molecule has 2 aliphatic rings. The Hall–Kier alpha value is -7.24. The molecule has 3 aromatic heterocycles. The van der Waals surface area contributed by atoms with E-state index < -0.39 is 0 Å². The summed E-state index contributed by atoms with van der Waals surface area (Å²) in [5, 5.41) is 8.31. The van der Waals surface area contributed by atoms with Gasteiger partial charge in [-0.25, -0.2) is 19.9 Å². The van der Waals surface area contributed by atoms with Crippen molar-refractivity contribution in [3.63, 3.8) is 0 Å². The van der Waals surface area contributed by atoms with Gasteiger partial charge in [0.15, 0.2) is 0 Å². The van der Waals surface area contributed by atoms with Gasteiger partial charge in [-0.15, -0.1) is 0 Å². The van der Waals surface area contributed by atoms with Crippen molar-refractivity contribution < 1.29 is 14.0 Å². The average molecular weight is 884 g/mol. The molecule has 0 atom stereocenters. The molecule has 2 fully saturated rings. The molecule has 16 nitrogen and oxygen atoms in total. The molecule has 0 aliphatic carbocycles. The Balaban J connectivity index is 0.746. The van der Waals surface area contributed by atoms with Crippen LogP contribution in [0.15, 0.2) is 130 Å². The highest BCUT2D eigenvalue weighted by Gasteiger charge is 2.20. The van der Waals surface area contributed by atoms with E-state index in [-0.39, 0.29) is 12.0 Å². The zero-order chi connectivity index (χ0) is 45.2. The number of hydrogen-bond donors (Lipinski definition) is 1. The number of piperazine rings is 2. The van der Waals surface area contributed by atoms with Crippen LogP contribution in [0, 0.1) is 13.8 Å². The molecule has 7 aromatic rings. The molecule has 0 spiro atoms. The SMILES string of the molecule is Cc1ccc(/C(C=Nc2ccc(CN3CCN(C)CC3)cc2)=N/N)cc1Oc1ncc(CN2CCN(Cc3cccc(-c4nc(-c5ccc(C)c(Oc6ncccn6)c5)no4)c3)CC2)cn1. The zero-order valence-corrected chi connectivity index (χ0v) is 37.5. The molecular formula is C50H53N13O3. The number of aliphatic imine (C=N–C) groups is 1. The van der Waals surface area contributed by atoms with Crippen molar-refractivity contribution in [3.05, 3.63) is 149 Å². The molecule has 2 N–H and O–H groups in total. The van der Waals surface area contributed by atoms with Crippen LogP contribution in [0.5, 0.6) is 23.5 Å². The van der Waals surface area contributed by atoms with E-state index in [9.17, 15) is 0 Å². The van der Waals surface area contributed by atoms with Crippen LogP contribution >= 0.6 is 0 Å². The number of aryl methyl sites for hydroxylation is 2. The van der Waals surface area contributed by atoms with Crippen LogP contribution in [0.1, 0.15) is 33.4 Å². The van der Waals surface area contributed by atoms with Gasteiger partial charge in [-0.05, 0) is 85.6 Å². The lowest BCUT2D eigenvalue weighted by atomic mass is 10.1. The fourth-order valence-corrected chi connectivity index (χ4v) is 7.88. The quantitative estimate of drug-likeness (QED) is 0.0617. The lowest BCUT2D eigenvalue weighted by molar-refractivity contribution is 0.122. The molecule has 2 saturated heterocycles. The smallest absolute Gasteiger partial charge is 0.321 e. The van der Waals surface area contributed by atoms with E-state index in [4.69, 9.17) is 24.8 Å². The number of aromatic nitrogens is 6. The summed E-state index contributed by atoms with van der Waals surface area (Å²) in [6.07, 6.45) is 8.64. The Kier molecular flexibility index (Phi) is 13.8. The standard InChI is InChI=1S/C50H53N13O3/c1-35-8-12-40(44(58-51)31-54-43-14-10-37(11-15-43)32-61-20-18-60(3)19-21-61)27-45(35)65-50-55-29-39(30-56-50)34-63-24-22-62(23-25-63)33-38-6-4-7-42(26-38)48-57-47(59-66-48)41-13-9-36(2)46(28-41)64-49-52-16-5-17-53-49/h4-17,26-31H,18-25,32-34,51H2,1-3H3/b54-31?,58-44+. The van der Waals surface area contributed by atoms with Gasteiger partial charge in [-0.2, -0.15) is 10.1 Å².